The van der Waals surface area contributed by atoms with E-state index in [-0.39, 0.29) is 6.10 Å². The van der Waals surface area contributed by atoms with Crippen molar-refractivity contribution in [3.8, 4) is 5.88 Å². The molecule has 0 saturated carbocycles. The number of hydrogen-bond donors (Lipinski definition) is 1. The van der Waals surface area contributed by atoms with E-state index in [9.17, 15) is 0 Å². The Balaban J connectivity index is 1.90. The molecule has 0 aromatic carbocycles. The first-order valence-electron chi connectivity index (χ1n) is 5.63. The molecule has 0 unspecified atom stereocenters. The average Bonchev–Trinajstić information content (AvgIpc) is 2.54. The zero-order valence-electron chi connectivity index (χ0n) is 10.4. The van der Waals surface area contributed by atoms with Crippen LogP contribution in [0.5, 0.6) is 5.88 Å². The van der Waals surface area contributed by atoms with E-state index in [2.05, 4.69) is 4.98 Å². The van der Waals surface area contributed by atoms with Crippen molar-refractivity contribution in [2.24, 2.45) is 0 Å². The van der Waals surface area contributed by atoms with Crippen molar-refractivity contribution in [1.29, 1.82) is 0 Å². The van der Waals surface area contributed by atoms with E-state index < -0.39 is 5.79 Å². The number of hydrogen-bond acceptors (Lipinski definition) is 5. The van der Waals surface area contributed by atoms with Crippen LogP contribution >= 0.6 is 0 Å². The van der Waals surface area contributed by atoms with Crippen LogP contribution in [-0.4, -0.2) is 30.1 Å². The molecule has 2 rings (SSSR count). The molecule has 1 saturated heterocycles. The molecule has 1 aromatic heterocycles. The van der Waals surface area contributed by atoms with Crippen LogP contribution in [0.1, 0.15) is 19.5 Å². The third-order valence-electron chi connectivity index (χ3n) is 2.44. The van der Waals surface area contributed by atoms with Crippen LogP contribution in [0.4, 0.5) is 5.69 Å². The minimum atomic E-state index is -0.521. The van der Waals surface area contributed by atoms with Gasteiger partial charge < -0.3 is 19.9 Å². The highest BCUT2D eigenvalue weighted by atomic mass is 16.7. The molecule has 1 aliphatic rings. The van der Waals surface area contributed by atoms with Crippen LogP contribution in [0.25, 0.3) is 0 Å². The molecule has 0 amide bonds. The summed E-state index contributed by atoms with van der Waals surface area (Å²) in [5.74, 6) is 0.00315. The van der Waals surface area contributed by atoms with Gasteiger partial charge in [-0.25, -0.2) is 4.98 Å². The summed E-state index contributed by atoms with van der Waals surface area (Å²) in [5.41, 5.74) is 7.20. The Morgan fingerprint density at radius 2 is 2.29 bits per heavy atom. The lowest BCUT2D eigenvalue weighted by Crippen LogP contribution is -2.25. The lowest BCUT2D eigenvalue weighted by molar-refractivity contribution is -0.141. The number of aryl methyl sites for hydroxylation is 1. The number of nitrogens with two attached hydrogens (primary N) is 1. The Morgan fingerprint density at radius 3 is 2.88 bits per heavy atom. The monoisotopic (exact) mass is 238 g/mol. The van der Waals surface area contributed by atoms with Crippen molar-refractivity contribution in [3.63, 3.8) is 0 Å². The molecule has 1 aliphatic heterocycles. The van der Waals surface area contributed by atoms with Crippen LogP contribution in [0.2, 0.25) is 0 Å². The van der Waals surface area contributed by atoms with Gasteiger partial charge in [0, 0.05) is 17.4 Å². The molecule has 0 radical (unpaired) electrons. The van der Waals surface area contributed by atoms with Gasteiger partial charge in [0.25, 0.3) is 0 Å². The molecule has 2 N–H and O–H groups in total. The fourth-order valence-corrected chi connectivity index (χ4v) is 1.76. The van der Waals surface area contributed by atoms with Gasteiger partial charge in [0.2, 0.25) is 5.88 Å². The molecule has 1 fully saturated rings. The van der Waals surface area contributed by atoms with E-state index in [4.69, 9.17) is 19.9 Å². The summed E-state index contributed by atoms with van der Waals surface area (Å²) in [4.78, 5) is 4.23. The van der Waals surface area contributed by atoms with Crippen LogP contribution in [0, 0.1) is 6.92 Å². The third kappa shape index (κ3) is 3.31. The smallest absolute Gasteiger partial charge is 0.215 e. The molecule has 2 heterocycles. The van der Waals surface area contributed by atoms with Gasteiger partial charge in [-0.1, -0.05) is 0 Å². The second-order valence-electron chi connectivity index (χ2n) is 4.64. The fraction of sp³-hybridized carbons (Fsp3) is 0.583. The summed E-state index contributed by atoms with van der Waals surface area (Å²) in [7, 11) is 0. The first kappa shape index (κ1) is 12.1. The molecule has 0 spiro atoms. The summed E-state index contributed by atoms with van der Waals surface area (Å²) in [6.07, 6.45) is -0.0615. The highest BCUT2D eigenvalue weighted by Gasteiger charge is 2.33. The molecule has 5 heteroatoms. The fourth-order valence-electron chi connectivity index (χ4n) is 1.76. The van der Waals surface area contributed by atoms with Crippen molar-refractivity contribution < 1.29 is 14.2 Å². The van der Waals surface area contributed by atoms with Crippen molar-refractivity contribution in [3.05, 3.63) is 17.8 Å². The van der Waals surface area contributed by atoms with Crippen molar-refractivity contribution in [2.45, 2.75) is 32.7 Å². The molecule has 94 valence electrons. The predicted octanol–water partition coefficient (Wildman–Crippen LogP) is 1.50. The number of anilines is 1. The maximum Gasteiger partial charge on any atom is 0.215 e. The number of ether oxygens (including phenoxy) is 3. The van der Waals surface area contributed by atoms with Crippen molar-refractivity contribution in [2.75, 3.05) is 18.9 Å². The minimum absolute atomic E-state index is 0.0615. The predicted molar refractivity (Wildman–Crippen MR) is 63.8 cm³/mol. The Morgan fingerprint density at radius 1 is 1.53 bits per heavy atom. The van der Waals surface area contributed by atoms with Gasteiger partial charge in [-0.3, -0.25) is 0 Å². The lowest BCUT2D eigenvalue weighted by atomic mass is 10.3. The van der Waals surface area contributed by atoms with Gasteiger partial charge in [0.1, 0.15) is 12.7 Å². The van der Waals surface area contributed by atoms with E-state index in [1.165, 1.54) is 0 Å². The van der Waals surface area contributed by atoms with E-state index in [0.29, 0.717) is 24.8 Å². The molecule has 17 heavy (non-hydrogen) atoms. The standard InChI is InChI=1S/C12H18N2O3/c1-8-4-9(13)5-11(14-8)15-6-10-7-16-12(2,3)17-10/h4-5,10H,6-7H2,1-3H3,(H2,13,14)/t10-/m0/s1. The summed E-state index contributed by atoms with van der Waals surface area (Å²) >= 11 is 0. The number of nitrogens with zero attached hydrogens (tertiary/aromatic N) is 1. The second-order valence-corrected chi connectivity index (χ2v) is 4.64. The Bertz CT molecular complexity index is 386. The topological polar surface area (TPSA) is 66.6 Å². The lowest BCUT2D eigenvalue weighted by Gasteiger charge is -2.17. The van der Waals surface area contributed by atoms with Gasteiger partial charge in [-0.15, -0.1) is 0 Å². The molecular weight excluding hydrogens is 220 g/mol. The van der Waals surface area contributed by atoms with Gasteiger partial charge >= 0.3 is 0 Å². The maximum absolute atomic E-state index is 5.71. The normalized spacial score (nSPS) is 22.6. The minimum Gasteiger partial charge on any atom is -0.475 e. The van der Waals surface area contributed by atoms with Crippen LogP contribution < -0.4 is 10.5 Å². The van der Waals surface area contributed by atoms with E-state index in [1.807, 2.05) is 20.8 Å². The van der Waals surface area contributed by atoms with Gasteiger partial charge in [0.15, 0.2) is 5.79 Å². The van der Waals surface area contributed by atoms with Crippen molar-refractivity contribution >= 4 is 5.69 Å². The maximum atomic E-state index is 5.71. The Labute approximate surface area is 101 Å². The van der Waals surface area contributed by atoms with Gasteiger partial charge in [-0.05, 0) is 26.8 Å². The van der Waals surface area contributed by atoms with Crippen LogP contribution in [-0.2, 0) is 9.47 Å². The highest BCUT2D eigenvalue weighted by molar-refractivity contribution is 5.42. The van der Waals surface area contributed by atoms with Crippen LogP contribution in [0.15, 0.2) is 12.1 Å². The van der Waals surface area contributed by atoms with Gasteiger partial charge in [-0.2, -0.15) is 0 Å². The number of rotatable bonds is 3. The summed E-state index contributed by atoms with van der Waals surface area (Å²) < 4.78 is 16.6. The van der Waals surface area contributed by atoms with Crippen molar-refractivity contribution in [1.82, 2.24) is 4.98 Å². The quantitative estimate of drug-likeness (QED) is 0.864. The molecular formula is C12H18N2O3. The van der Waals surface area contributed by atoms with E-state index >= 15 is 0 Å². The first-order valence-corrected chi connectivity index (χ1v) is 5.63. The third-order valence-corrected chi connectivity index (χ3v) is 2.44. The zero-order chi connectivity index (χ0) is 12.5. The number of pyridine rings is 1. The van der Waals surface area contributed by atoms with Crippen LogP contribution in [0.3, 0.4) is 0 Å². The Kier molecular flexibility index (Phi) is 3.22. The molecule has 1 atom stereocenters. The largest absolute Gasteiger partial charge is 0.475 e. The van der Waals surface area contributed by atoms with E-state index in [0.717, 1.165) is 5.69 Å². The van der Waals surface area contributed by atoms with E-state index in [1.54, 1.807) is 12.1 Å². The summed E-state index contributed by atoms with van der Waals surface area (Å²) in [5, 5.41) is 0. The number of nitrogen functional groups attached to an aromatic ring is 1. The molecule has 0 aliphatic carbocycles. The highest BCUT2D eigenvalue weighted by Crippen LogP contribution is 2.23. The Hall–Kier alpha value is -1.33. The van der Waals surface area contributed by atoms with Gasteiger partial charge in [0.05, 0.1) is 6.61 Å². The molecule has 1 aromatic rings. The summed E-state index contributed by atoms with van der Waals surface area (Å²) in [6, 6.07) is 3.50. The summed E-state index contributed by atoms with van der Waals surface area (Å²) in [6.45, 7) is 6.60. The number of aromatic nitrogens is 1. The molecule has 5 nitrogen and oxygen atoms in total. The molecule has 0 bridgehead atoms. The SMILES string of the molecule is Cc1cc(N)cc(OC[C@H]2COC(C)(C)O2)n1. The first-order chi connectivity index (χ1) is 7.94. The second kappa shape index (κ2) is 4.50. The zero-order valence-corrected chi connectivity index (χ0v) is 10.4. The average molecular weight is 238 g/mol.